The first-order valence-corrected chi connectivity index (χ1v) is 8.06. The monoisotopic (exact) mass is 343 g/mol. The summed E-state index contributed by atoms with van der Waals surface area (Å²) in [5.74, 6) is 1.02. The Hall–Kier alpha value is -2.60. The van der Waals surface area contributed by atoms with E-state index < -0.39 is 0 Å². The fourth-order valence-electron chi connectivity index (χ4n) is 1.94. The van der Waals surface area contributed by atoms with Crippen LogP contribution in [0, 0.1) is 0 Å². The SMILES string of the molecule is CC(C)Oc1ccc(CNC(=S)N/N=C/c2ccccc2O)cc1. The van der Waals surface area contributed by atoms with E-state index in [0.717, 1.165) is 11.3 Å². The number of benzene rings is 2. The van der Waals surface area contributed by atoms with Crippen molar-refractivity contribution in [3.63, 3.8) is 0 Å². The molecule has 0 aliphatic carbocycles. The summed E-state index contributed by atoms with van der Waals surface area (Å²) in [6.07, 6.45) is 1.68. The van der Waals surface area contributed by atoms with Crippen molar-refractivity contribution >= 4 is 23.5 Å². The molecule has 5 nitrogen and oxygen atoms in total. The van der Waals surface area contributed by atoms with Gasteiger partial charge in [0, 0.05) is 12.1 Å². The topological polar surface area (TPSA) is 65.9 Å². The highest BCUT2D eigenvalue weighted by Crippen LogP contribution is 2.14. The Kier molecular flexibility index (Phi) is 6.57. The maximum atomic E-state index is 9.63. The van der Waals surface area contributed by atoms with Crippen LogP contribution < -0.4 is 15.5 Å². The Balaban J connectivity index is 1.78. The third kappa shape index (κ3) is 5.89. The van der Waals surface area contributed by atoms with Gasteiger partial charge in [0.25, 0.3) is 0 Å². The predicted molar refractivity (Wildman–Crippen MR) is 100 cm³/mol. The fourth-order valence-corrected chi connectivity index (χ4v) is 2.06. The van der Waals surface area contributed by atoms with Gasteiger partial charge < -0.3 is 15.2 Å². The smallest absolute Gasteiger partial charge is 0.187 e. The molecule has 0 aliphatic heterocycles. The number of phenols is 1. The maximum absolute atomic E-state index is 9.63. The lowest BCUT2D eigenvalue weighted by atomic mass is 10.2. The highest BCUT2D eigenvalue weighted by atomic mass is 32.1. The minimum Gasteiger partial charge on any atom is -0.507 e. The minimum atomic E-state index is 0.160. The van der Waals surface area contributed by atoms with Crippen molar-refractivity contribution in [1.29, 1.82) is 0 Å². The van der Waals surface area contributed by atoms with E-state index in [-0.39, 0.29) is 11.9 Å². The molecule has 2 rings (SSSR count). The molecule has 0 saturated carbocycles. The van der Waals surface area contributed by atoms with Crippen LogP contribution in [0.5, 0.6) is 11.5 Å². The predicted octanol–water partition coefficient (Wildman–Crippen LogP) is 3.18. The molecule has 0 unspecified atom stereocenters. The molecule has 6 heteroatoms. The molecule has 0 aliphatic rings. The Morgan fingerprint density at radius 2 is 1.92 bits per heavy atom. The highest BCUT2D eigenvalue weighted by Gasteiger charge is 2.00. The number of thiocarbonyl (C=S) groups is 1. The van der Waals surface area contributed by atoms with E-state index in [4.69, 9.17) is 17.0 Å². The highest BCUT2D eigenvalue weighted by molar-refractivity contribution is 7.80. The zero-order valence-electron chi connectivity index (χ0n) is 13.7. The first-order chi connectivity index (χ1) is 11.5. The van der Waals surface area contributed by atoms with Crippen molar-refractivity contribution in [3.05, 3.63) is 59.7 Å². The summed E-state index contributed by atoms with van der Waals surface area (Å²) in [4.78, 5) is 0. The van der Waals surface area contributed by atoms with E-state index in [2.05, 4.69) is 15.8 Å². The van der Waals surface area contributed by atoms with Crippen molar-refractivity contribution in [3.8, 4) is 11.5 Å². The van der Waals surface area contributed by atoms with Gasteiger partial charge in [0.05, 0.1) is 12.3 Å². The molecule has 0 heterocycles. The van der Waals surface area contributed by atoms with Gasteiger partial charge in [-0.1, -0.05) is 24.3 Å². The number of aromatic hydroxyl groups is 1. The second-order valence-corrected chi connectivity index (χ2v) is 5.83. The van der Waals surface area contributed by atoms with E-state index in [9.17, 15) is 5.11 Å². The number of phenolic OH excluding ortho intramolecular Hbond substituents is 1. The van der Waals surface area contributed by atoms with Crippen LogP contribution in [-0.2, 0) is 6.54 Å². The van der Waals surface area contributed by atoms with Gasteiger partial charge in [-0.05, 0) is 55.9 Å². The largest absolute Gasteiger partial charge is 0.507 e. The van der Waals surface area contributed by atoms with Crippen LogP contribution in [-0.4, -0.2) is 22.5 Å². The van der Waals surface area contributed by atoms with Crippen molar-refractivity contribution < 1.29 is 9.84 Å². The molecule has 2 aromatic rings. The Morgan fingerprint density at radius 3 is 2.58 bits per heavy atom. The van der Waals surface area contributed by atoms with Gasteiger partial charge in [-0.3, -0.25) is 5.43 Å². The number of para-hydroxylation sites is 1. The molecule has 3 N–H and O–H groups in total. The maximum Gasteiger partial charge on any atom is 0.187 e. The molecule has 0 saturated heterocycles. The van der Waals surface area contributed by atoms with Crippen molar-refractivity contribution in [2.45, 2.75) is 26.5 Å². The zero-order valence-corrected chi connectivity index (χ0v) is 14.5. The standard InChI is InChI=1S/C18H21N3O2S/c1-13(2)23-16-9-7-14(8-10-16)11-19-18(24)21-20-12-15-5-3-4-6-17(15)22/h3-10,12-13,22H,11H2,1-2H3,(H2,19,21,24)/b20-12+. The minimum absolute atomic E-state index is 0.160. The van der Waals surface area contributed by atoms with E-state index in [1.807, 2.05) is 44.2 Å². The first kappa shape index (κ1) is 17.7. The van der Waals surface area contributed by atoms with Crippen LogP contribution >= 0.6 is 12.2 Å². The van der Waals surface area contributed by atoms with Gasteiger partial charge in [0.1, 0.15) is 11.5 Å². The van der Waals surface area contributed by atoms with Crippen LogP contribution in [0.2, 0.25) is 0 Å². The molecule has 0 bridgehead atoms. The summed E-state index contributed by atoms with van der Waals surface area (Å²) in [5.41, 5.74) is 4.42. The number of ether oxygens (including phenoxy) is 1. The lowest BCUT2D eigenvalue weighted by Crippen LogP contribution is -2.31. The van der Waals surface area contributed by atoms with Gasteiger partial charge in [-0.15, -0.1) is 0 Å². The third-order valence-corrected chi connectivity index (χ3v) is 3.29. The van der Waals surface area contributed by atoms with Crippen LogP contribution in [0.3, 0.4) is 0 Å². The number of rotatable bonds is 6. The average Bonchev–Trinajstić information content (AvgIpc) is 2.55. The average molecular weight is 343 g/mol. The zero-order chi connectivity index (χ0) is 17.4. The van der Waals surface area contributed by atoms with Crippen LogP contribution in [0.15, 0.2) is 53.6 Å². The quantitative estimate of drug-likeness (QED) is 0.427. The second kappa shape index (κ2) is 8.88. The van der Waals surface area contributed by atoms with Crippen molar-refractivity contribution in [1.82, 2.24) is 10.7 Å². The van der Waals surface area contributed by atoms with Crippen molar-refractivity contribution in [2.75, 3.05) is 0 Å². The normalized spacial score (nSPS) is 10.8. The van der Waals surface area contributed by atoms with Crippen LogP contribution in [0.4, 0.5) is 0 Å². The molecular formula is C18H21N3O2S. The van der Waals surface area contributed by atoms with E-state index in [0.29, 0.717) is 17.2 Å². The summed E-state index contributed by atoms with van der Waals surface area (Å²) in [5, 5.41) is 17.1. The number of hydrogen-bond acceptors (Lipinski definition) is 4. The summed E-state index contributed by atoms with van der Waals surface area (Å²) >= 11 is 5.16. The molecular weight excluding hydrogens is 322 g/mol. The molecule has 0 radical (unpaired) electrons. The van der Waals surface area contributed by atoms with Gasteiger partial charge in [-0.2, -0.15) is 5.10 Å². The lowest BCUT2D eigenvalue weighted by molar-refractivity contribution is 0.242. The number of hydrogen-bond donors (Lipinski definition) is 3. The molecule has 0 fully saturated rings. The third-order valence-electron chi connectivity index (χ3n) is 3.05. The molecule has 0 spiro atoms. The number of nitrogens with one attached hydrogen (secondary N) is 2. The summed E-state index contributed by atoms with van der Waals surface area (Å²) in [6.45, 7) is 4.57. The molecule has 0 amide bonds. The van der Waals surface area contributed by atoms with Crippen molar-refractivity contribution in [2.24, 2.45) is 5.10 Å². The fraction of sp³-hybridized carbons (Fsp3) is 0.222. The van der Waals surface area contributed by atoms with Gasteiger partial charge in [0.2, 0.25) is 0 Å². The molecule has 24 heavy (non-hydrogen) atoms. The van der Waals surface area contributed by atoms with E-state index in [1.54, 1.807) is 18.2 Å². The number of hydrazone groups is 1. The molecule has 0 atom stereocenters. The molecule has 2 aromatic carbocycles. The van der Waals surface area contributed by atoms with Crippen LogP contribution in [0.1, 0.15) is 25.0 Å². The van der Waals surface area contributed by atoms with Gasteiger partial charge in [0.15, 0.2) is 5.11 Å². The Bertz CT molecular complexity index is 700. The molecule has 0 aromatic heterocycles. The Morgan fingerprint density at radius 1 is 1.21 bits per heavy atom. The van der Waals surface area contributed by atoms with Crippen LogP contribution in [0.25, 0.3) is 0 Å². The molecule has 126 valence electrons. The first-order valence-electron chi connectivity index (χ1n) is 7.65. The van der Waals surface area contributed by atoms with E-state index in [1.165, 1.54) is 6.21 Å². The summed E-state index contributed by atoms with van der Waals surface area (Å²) in [6, 6.07) is 14.8. The Labute approximate surface area is 147 Å². The van der Waals surface area contributed by atoms with Gasteiger partial charge >= 0.3 is 0 Å². The lowest BCUT2D eigenvalue weighted by Gasteiger charge is -2.11. The second-order valence-electron chi connectivity index (χ2n) is 5.42. The summed E-state index contributed by atoms with van der Waals surface area (Å²) < 4.78 is 5.60. The van der Waals surface area contributed by atoms with Gasteiger partial charge in [-0.25, -0.2) is 0 Å². The summed E-state index contributed by atoms with van der Waals surface area (Å²) in [7, 11) is 0. The van der Waals surface area contributed by atoms with E-state index >= 15 is 0 Å². The number of nitrogens with zero attached hydrogens (tertiary/aromatic N) is 1.